The molecule has 0 aliphatic heterocycles. The van der Waals surface area contributed by atoms with E-state index in [0.717, 1.165) is 6.42 Å². The molecule has 1 amide bonds. The number of halogens is 1. The van der Waals surface area contributed by atoms with Crippen LogP contribution in [-0.4, -0.2) is 18.6 Å². The Balaban J connectivity index is 2.43. The van der Waals surface area contributed by atoms with E-state index in [1.807, 2.05) is 12.1 Å². The quantitative estimate of drug-likeness (QED) is 0.855. The second-order valence-corrected chi connectivity index (χ2v) is 5.07. The fraction of sp³-hybridized carbons (Fsp3) is 0.500. The van der Waals surface area contributed by atoms with Crippen molar-refractivity contribution in [1.82, 2.24) is 0 Å². The van der Waals surface area contributed by atoms with E-state index in [0.29, 0.717) is 23.2 Å². The Hall–Kier alpha value is -1.06. The number of anilines is 1. The molecule has 18 heavy (non-hydrogen) atoms. The number of hydrogen-bond donors (Lipinski definition) is 1. The Kier molecular flexibility index (Phi) is 6.16. The van der Waals surface area contributed by atoms with Gasteiger partial charge in [-0.25, -0.2) is 0 Å². The molecule has 0 aliphatic rings. The molecule has 1 N–H and O–H groups in total. The number of ether oxygens (including phenoxy) is 1. The first-order chi connectivity index (χ1) is 8.50. The predicted molar refractivity (Wildman–Crippen MR) is 75.0 cm³/mol. The maximum absolute atomic E-state index is 11.8. The number of benzene rings is 1. The molecule has 1 aromatic carbocycles. The maximum atomic E-state index is 11.8. The highest BCUT2D eigenvalue weighted by Gasteiger charge is 2.14. The third-order valence-electron chi connectivity index (χ3n) is 2.56. The minimum atomic E-state index is -0.472. The highest BCUT2D eigenvalue weighted by molar-refractivity contribution is 6.33. The van der Waals surface area contributed by atoms with E-state index in [9.17, 15) is 4.79 Å². The smallest absolute Gasteiger partial charge is 0.253 e. The number of hydrogen-bond acceptors (Lipinski definition) is 2. The molecule has 4 heteroatoms. The van der Waals surface area contributed by atoms with Gasteiger partial charge in [-0.15, -0.1) is 0 Å². The van der Waals surface area contributed by atoms with Gasteiger partial charge < -0.3 is 10.1 Å². The molecular weight excluding hydrogens is 250 g/mol. The number of rotatable bonds is 6. The summed E-state index contributed by atoms with van der Waals surface area (Å²) in [5.41, 5.74) is 0.614. The molecule has 0 unspecified atom stereocenters. The van der Waals surface area contributed by atoms with Crippen molar-refractivity contribution in [1.29, 1.82) is 0 Å². The summed E-state index contributed by atoms with van der Waals surface area (Å²) in [6.45, 7) is 6.58. The molecule has 0 fully saturated rings. The summed E-state index contributed by atoms with van der Waals surface area (Å²) in [4.78, 5) is 11.8. The fourth-order valence-electron chi connectivity index (χ4n) is 1.35. The summed E-state index contributed by atoms with van der Waals surface area (Å²) in [5, 5.41) is 3.28. The van der Waals surface area contributed by atoms with Crippen LogP contribution >= 0.6 is 11.6 Å². The van der Waals surface area contributed by atoms with Crippen molar-refractivity contribution >= 4 is 23.2 Å². The molecule has 0 heterocycles. The lowest BCUT2D eigenvalue weighted by Crippen LogP contribution is -2.28. The summed E-state index contributed by atoms with van der Waals surface area (Å²) in [7, 11) is 0. The average Bonchev–Trinajstić information content (AvgIpc) is 2.31. The van der Waals surface area contributed by atoms with Crippen molar-refractivity contribution in [3.63, 3.8) is 0 Å². The molecule has 1 rings (SSSR count). The van der Waals surface area contributed by atoms with E-state index in [1.165, 1.54) is 0 Å². The van der Waals surface area contributed by atoms with Gasteiger partial charge in [-0.05, 0) is 31.4 Å². The number of amides is 1. The minimum Gasteiger partial charge on any atom is -0.369 e. The number of carbonyl (C=O) groups is 1. The van der Waals surface area contributed by atoms with Crippen molar-refractivity contribution in [3.05, 3.63) is 29.3 Å². The summed E-state index contributed by atoms with van der Waals surface area (Å²) < 4.78 is 5.47. The normalized spacial score (nSPS) is 12.5. The predicted octanol–water partition coefficient (Wildman–Crippen LogP) is 3.73. The van der Waals surface area contributed by atoms with E-state index in [-0.39, 0.29) is 5.91 Å². The third-order valence-corrected chi connectivity index (χ3v) is 2.89. The molecule has 1 aromatic rings. The van der Waals surface area contributed by atoms with E-state index >= 15 is 0 Å². The first kappa shape index (κ1) is 15.0. The lowest BCUT2D eigenvalue weighted by atomic mass is 10.1. The monoisotopic (exact) mass is 269 g/mol. The topological polar surface area (TPSA) is 38.3 Å². The lowest BCUT2D eigenvalue weighted by Gasteiger charge is -2.14. The van der Waals surface area contributed by atoms with E-state index in [2.05, 4.69) is 19.2 Å². The molecule has 0 aliphatic carbocycles. The summed E-state index contributed by atoms with van der Waals surface area (Å²) >= 11 is 5.96. The van der Waals surface area contributed by atoms with Crippen LogP contribution in [0.3, 0.4) is 0 Å². The first-order valence-corrected chi connectivity index (χ1v) is 6.55. The maximum Gasteiger partial charge on any atom is 0.253 e. The van der Waals surface area contributed by atoms with Crippen LogP contribution in [0, 0.1) is 5.92 Å². The highest BCUT2D eigenvalue weighted by atomic mass is 35.5. The SMILES string of the molecule is CC(C)CCO[C@H](C)C(=O)Nc1ccccc1Cl. The zero-order chi connectivity index (χ0) is 13.5. The minimum absolute atomic E-state index is 0.174. The Labute approximate surface area is 113 Å². The Morgan fingerprint density at radius 1 is 1.33 bits per heavy atom. The molecule has 0 radical (unpaired) electrons. The van der Waals surface area contributed by atoms with Crippen LogP contribution < -0.4 is 5.32 Å². The van der Waals surface area contributed by atoms with Crippen LogP contribution in [0.1, 0.15) is 27.2 Å². The fourth-order valence-corrected chi connectivity index (χ4v) is 1.54. The second kappa shape index (κ2) is 7.39. The molecule has 0 spiro atoms. The van der Waals surface area contributed by atoms with Crippen molar-refractivity contribution < 1.29 is 9.53 Å². The molecule has 0 bridgehead atoms. The van der Waals surface area contributed by atoms with Gasteiger partial charge in [-0.1, -0.05) is 37.6 Å². The van der Waals surface area contributed by atoms with E-state index in [1.54, 1.807) is 19.1 Å². The van der Waals surface area contributed by atoms with E-state index in [4.69, 9.17) is 16.3 Å². The molecule has 0 saturated heterocycles. The molecular formula is C14H20ClNO2. The lowest BCUT2D eigenvalue weighted by molar-refractivity contribution is -0.126. The van der Waals surface area contributed by atoms with E-state index < -0.39 is 6.10 Å². The Morgan fingerprint density at radius 3 is 2.61 bits per heavy atom. The van der Waals surface area contributed by atoms with Gasteiger partial charge in [0.1, 0.15) is 6.10 Å². The molecule has 1 atom stereocenters. The zero-order valence-corrected chi connectivity index (χ0v) is 11.8. The first-order valence-electron chi connectivity index (χ1n) is 6.17. The zero-order valence-electron chi connectivity index (χ0n) is 11.1. The van der Waals surface area contributed by atoms with Crippen LogP contribution in [0.15, 0.2) is 24.3 Å². The van der Waals surface area contributed by atoms with Crippen LogP contribution in [-0.2, 0) is 9.53 Å². The van der Waals surface area contributed by atoms with Crippen LogP contribution in [0.4, 0.5) is 5.69 Å². The van der Waals surface area contributed by atoms with Crippen molar-refractivity contribution in [2.75, 3.05) is 11.9 Å². The molecule has 0 saturated carbocycles. The molecule has 100 valence electrons. The van der Waals surface area contributed by atoms with Gasteiger partial charge in [0.05, 0.1) is 10.7 Å². The van der Waals surface area contributed by atoms with Gasteiger partial charge in [0.25, 0.3) is 5.91 Å². The van der Waals surface area contributed by atoms with Crippen LogP contribution in [0.25, 0.3) is 0 Å². The number of carbonyl (C=O) groups excluding carboxylic acids is 1. The standard InChI is InChI=1S/C14H20ClNO2/c1-10(2)8-9-18-11(3)14(17)16-13-7-5-4-6-12(13)15/h4-7,10-11H,8-9H2,1-3H3,(H,16,17)/t11-/m1/s1. The molecule has 3 nitrogen and oxygen atoms in total. The Bertz CT molecular complexity index is 393. The number of nitrogens with one attached hydrogen (secondary N) is 1. The molecule has 0 aromatic heterocycles. The van der Waals surface area contributed by atoms with Gasteiger partial charge in [0, 0.05) is 6.61 Å². The third kappa shape index (κ3) is 5.07. The van der Waals surface area contributed by atoms with Crippen molar-refractivity contribution in [2.24, 2.45) is 5.92 Å². The van der Waals surface area contributed by atoms with Crippen LogP contribution in [0.5, 0.6) is 0 Å². The average molecular weight is 270 g/mol. The van der Waals surface area contributed by atoms with Crippen LogP contribution in [0.2, 0.25) is 5.02 Å². The van der Waals surface area contributed by atoms with Gasteiger partial charge >= 0.3 is 0 Å². The Morgan fingerprint density at radius 2 is 2.00 bits per heavy atom. The highest BCUT2D eigenvalue weighted by Crippen LogP contribution is 2.20. The van der Waals surface area contributed by atoms with Crippen molar-refractivity contribution in [3.8, 4) is 0 Å². The van der Waals surface area contributed by atoms with Gasteiger partial charge in [-0.3, -0.25) is 4.79 Å². The van der Waals surface area contributed by atoms with Gasteiger partial charge in [-0.2, -0.15) is 0 Å². The summed E-state index contributed by atoms with van der Waals surface area (Å²) in [6.07, 6.45) is 0.476. The van der Waals surface area contributed by atoms with Gasteiger partial charge in [0.15, 0.2) is 0 Å². The summed E-state index contributed by atoms with van der Waals surface area (Å²) in [5.74, 6) is 0.399. The largest absolute Gasteiger partial charge is 0.369 e. The second-order valence-electron chi connectivity index (χ2n) is 4.66. The summed E-state index contributed by atoms with van der Waals surface area (Å²) in [6, 6.07) is 7.15. The number of para-hydroxylation sites is 1. The van der Waals surface area contributed by atoms with Gasteiger partial charge in [0.2, 0.25) is 0 Å². The van der Waals surface area contributed by atoms with Crippen molar-refractivity contribution in [2.45, 2.75) is 33.3 Å².